The monoisotopic (exact) mass is 414 g/mol. The highest BCUT2D eigenvalue weighted by atomic mass is 35.5. The topological polar surface area (TPSA) is 78.1 Å². The molecule has 0 radical (unpaired) electrons. The summed E-state index contributed by atoms with van der Waals surface area (Å²) in [6, 6.07) is 7.40. The largest absolute Gasteiger partial charge is 0.350 e. The summed E-state index contributed by atoms with van der Waals surface area (Å²) >= 11 is 6.20. The van der Waals surface area contributed by atoms with Gasteiger partial charge in [0.15, 0.2) is 5.69 Å². The van der Waals surface area contributed by atoms with Gasteiger partial charge in [-0.3, -0.25) is 14.7 Å². The van der Waals surface area contributed by atoms with Crippen molar-refractivity contribution in [3.63, 3.8) is 0 Å². The Morgan fingerprint density at radius 2 is 2.00 bits per heavy atom. The van der Waals surface area contributed by atoms with Crippen molar-refractivity contribution in [1.29, 1.82) is 0 Å². The third-order valence-electron chi connectivity index (χ3n) is 6.08. The van der Waals surface area contributed by atoms with Crippen LogP contribution in [-0.4, -0.2) is 40.0 Å². The van der Waals surface area contributed by atoms with Gasteiger partial charge in [0, 0.05) is 42.3 Å². The minimum atomic E-state index is -0.145. The van der Waals surface area contributed by atoms with E-state index in [0.717, 1.165) is 16.8 Å². The highest BCUT2D eigenvalue weighted by Crippen LogP contribution is 2.24. The fraction of sp³-hybridized carbons (Fsp3) is 0.500. The van der Waals surface area contributed by atoms with Crippen molar-refractivity contribution in [2.75, 3.05) is 13.1 Å². The number of nitrogens with one attached hydrogen (secondary N) is 2. The summed E-state index contributed by atoms with van der Waals surface area (Å²) in [6.07, 6.45) is 7.10. The molecule has 0 spiro atoms. The second-order valence-corrected chi connectivity index (χ2v) is 8.48. The van der Waals surface area contributed by atoms with Crippen LogP contribution in [0.5, 0.6) is 0 Å². The van der Waals surface area contributed by atoms with Crippen LogP contribution in [0, 0.1) is 5.92 Å². The first-order chi connectivity index (χ1) is 14.1. The number of amides is 2. The summed E-state index contributed by atoms with van der Waals surface area (Å²) in [5.74, 6) is 0.433. The minimum absolute atomic E-state index is 0.0125. The lowest BCUT2D eigenvalue weighted by atomic mass is 9.89. The molecule has 1 fully saturated rings. The van der Waals surface area contributed by atoms with Crippen molar-refractivity contribution >= 4 is 23.4 Å². The second-order valence-electron chi connectivity index (χ2n) is 8.08. The van der Waals surface area contributed by atoms with Gasteiger partial charge in [-0.15, -0.1) is 0 Å². The van der Waals surface area contributed by atoms with Crippen LogP contribution in [0.4, 0.5) is 0 Å². The van der Waals surface area contributed by atoms with Crippen LogP contribution in [-0.2, 0) is 24.2 Å². The van der Waals surface area contributed by atoms with E-state index >= 15 is 0 Å². The van der Waals surface area contributed by atoms with Crippen LogP contribution in [0.25, 0.3) is 0 Å². The number of hydrogen-bond acceptors (Lipinski definition) is 3. The summed E-state index contributed by atoms with van der Waals surface area (Å²) in [7, 11) is 0. The van der Waals surface area contributed by atoms with Crippen LogP contribution >= 0.6 is 11.6 Å². The molecular formula is C22H27ClN4O2. The number of rotatable bonds is 5. The van der Waals surface area contributed by atoms with Gasteiger partial charge < -0.3 is 10.2 Å². The molecule has 6 nitrogen and oxygen atoms in total. The van der Waals surface area contributed by atoms with Crippen molar-refractivity contribution in [2.24, 2.45) is 5.92 Å². The van der Waals surface area contributed by atoms with Gasteiger partial charge >= 0.3 is 0 Å². The van der Waals surface area contributed by atoms with Crippen LogP contribution < -0.4 is 5.32 Å². The summed E-state index contributed by atoms with van der Waals surface area (Å²) in [5.41, 5.74) is 3.04. The standard InChI is InChI=1S/C22H27ClN4O2/c23-18-9-5-4-8-16(18)12-20(28)27-11-10-19-17(14-27)21(26-25-19)22(29)24-13-15-6-2-1-3-7-15/h4-5,8-9,15H,1-3,6-7,10-14H2,(H,24,29)(H,25,26). The molecule has 1 aromatic carbocycles. The van der Waals surface area contributed by atoms with E-state index in [-0.39, 0.29) is 18.2 Å². The van der Waals surface area contributed by atoms with Gasteiger partial charge in [-0.25, -0.2) is 0 Å². The molecule has 0 atom stereocenters. The molecular weight excluding hydrogens is 388 g/mol. The van der Waals surface area contributed by atoms with E-state index in [1.165, 1.54) is 32.1 Å². The molecule has 0 saturated heterocycles. The van der Waals surface area contributed by atoms with Crippen molar-refractivity contribution in [3.8, 4) is 0 Å². The Balaban J connectivity index is 1.39. The second kappa shape index (κ2) is 8.99. The number of carbonyl (C=O) groups excluding carboxylic acids is 2. The quantitative estimate of drug-likeness (QED) is 0.785. The normalized spacial score (nSPS) is 17.1. The molecule has 1 aromatic heterocycles. The highest BCUT2D eigenvalue weighted by Gasteiger charge is 2.28. The minimum Gasteiger partial charge on any atom is -0.350 e. The maximum absolute atomic E-state index is 12.8. The van der Waals surface area contributed by atoms with E-state index < -0.39 is 0 Å². The maximum Gasteiger partial charge on any atom is 0.272 e. The molecule has 2 amide bonds. The van der Waals surface area contributed by atoms with Gasteiger partial charge in [0.05, 0.1) is 6.42 Å². The summed E-state index contributed by atoms with van der Waals surface area (Å²) in [5, 5.41) is 10.9. The van der Waals surface area contributed by atoms with Gasteiger partial charge in [0.2, 0.25) is 5.91 Å². The molecule has 4 rings (SSSR count). The summed E-state index contributed by atoms with van der Waals surface area (Å²) in [6.45, 7) is 1.72. The number of halogens is 1. The van der Waals surface area contributed by atoms with E-state index in [1.807, 2.05) is 18.2 Å². The molecule has 1 aliphatic carbocycles. The molecule has 2 aliphatic rings. The number of fused-ring (bicyclic) bond motifs is 1. The number of aromatic amines is 1. The van der Waals surface area contributed by atoms with Gasteiger partial charge in [-0.05, 0) is 30.4 Å². The Kier molecular flexibility index (Phi) is 6.19. The van der Waals surface area contributed by atoms with E-state index in [4.69, 9.17) is 11.6 Å². The first-order valence-corrected chi connectivity index (χ1v) is 10.8. The van der Waals surface area contributed by atoms with E-state index in [9.17, 15) is 9.59 Å². The number of hydrogen-bond donors (Lipinski definition) is 2. The maximum atomic E-state index is 12.8. The Morgan fingerprint density at radius 3 is 2.79 bits per heavy atom. The van der Waals surface area contributed by atoms with Crippen LogP contribution in [0.2, 0.25) is 5.02 Å². The van der Waals surface area contributed by atoms with Gasteiger partial charge in [0.25, 0.3) is 5.91 Å². The van der Waals surface area contributed by atoms with Gasteiger partial charge in [-0.1, -0.05) is 49.1 Å². The number of aromatic nitrogens is 2. The molecule has 2 heterocycles. The van der Waals surface area contributed by atoms with Crippen molar-refractivity contribution in [2.45, 2.75) is 51.5 Å². The highest BCUT2D eigenvalue weighted by molar-refractivity contribution is 6.31. The van der Waals surface area contributed by atoms with E-state index in [2.05, 4.69) is 15.5 Å². The SMILES string of the molecule is O=C(NCC1CCCCC1)c1n[nH]c2c1CN(C(=O)Cc1ccccc1Cl)CC2. The predicted molar refractivity (Wildman–Crippen MR) is 112 cm³/mol. The molecule has 154 valence electrons. The fourth-order valence-electron chi connectivity index (χ4n) is 4.32. The number of carbonyl (C=O) groups is 2. The number of benzene rings is 1. The Labute approximate surface area is 176 Å². The van der Waals surface area contributed by atoms with Crippen molar-refractivity contribution < 1.29 is 9.59 Å². The Hall–Kier alpha value is -2.34. The molecule has 1 saturated carbocycles. The van der Waals surface area contributed by atoms with Crippen LogP contribution in [0.1, 0.15) is 59.4 Å². The van der Waals surface area contributed by atoms with E-state index in [1.54, 1.807) is 11.0 Å². The number of nitrogens with zero attached hydrogens (tertiary/aromatic N) is 2. The zero-order valence-electron chi connectivity index (χ0n) is 16.5. The first kappa shape index (κ1) is 20.0. The average molecular weight is 415 g/mol. The lowest BCUT2D eigenvalue weighted by Crippen LogP contribution is -2.38. The average Bonchev–Trinajstić information content (AvgIpc) is 3.18. The third kappa shape index (κ3) is 4.64. The first-order valence-electron chi connectivity index (χ1n) is 10.5. The summed E-state index contributed by atoms with van der Waals surface area (Å²) in [4.78, 5) is 27.3. The number of H-pyrrole nitrogens is 1. The van der Waals surface area contributed by atoms with Crippen molar-refractivity contribution in [3.05, 3.63) is 51.8 Å². The van der Waals surface area contributed by atoms with Crippen LogP contribution in [0.3, 0.4) is 0 Å². The van der Waals surface area contributed by atoms with Gasteiger partial charge in [-0.2, -0.15) is 5.10 Å². The molecule has 29 heavy (non-hydrogen) atoms. The van der Waals surface area contributed by atoms with Crippen LogP contribution in [0.15, 0.2) is 24.3 Å². The molecule has 0 unspecified atom stereocenters. The lowest BCUT2D eigenvalue weighted by Gasteiger charge is -2.27. The molecule has 2 aromatic rings. The molecule has 1 aliphatic heterocycles. The van der Waals surface area contributed by atoms with Gasteiger partial charge in [0.1, 0.15) is 0 Å². The van der Waals surface area contributed by atoms with Crippen molar-refractivity contribution in [1.82, 2.24) is 20.4 Å². The smallest absolute Gasteiger partial charge is 0.272 e. The third-order valence-corrected chi connectivity index (χ3v) is 6.45. The summed E-state index contributed by atoms with van der Waals surface area (Å²) < 4.78 is 0. The molecule has 2 N–H and O–H groups in total. The van der Waals surface area contributed by atoms with E-state index in [0.29, 0.717) is 42.7 Å². The fourth-order valence-corrected chi connectivity index (χ4v) is 4.53. The Bertz CT molecular complexity index is 889. The molecule has 7 heteroatoms. The predicted octanol–water partition coefficient (Wildman–Crippen LogP) is 3.50. The zero-order chi connectivity index (χ0) is 20.2. The Morgan fingerprint density at radius 1 is 1.21 bits per heavy atom. The zero-order valence-corrected chi connectivity index (χ0v) is 17.3. The molecule has 0 bridgehead atoms. The lowest BCUT2D eigenvalue weighted by molar-refractivity contribution is -0.131.